The molecule has 0 saturated carbocycles. The summed E-state index contributed by atoms with van der Waals surface area (Å²) in [7, 11) is 0. The Labute approximate surface area is 114 Å². The standard InChI is InChI=1S/C16H21N3/c1-13-4-2-6-15(8-13)16-10-18-19(12-16)11-14-5-3-7-17-9-14/h2,4,6,8,10,12,14,17H,3,5,7,9,11H2,1H3. The second-order valence-electron chi connectivity index (χ2n) is 5.53. The molecule has 19 heavy (non-hydrogen) atoms. The summed E-state index contributed by atoms with van der Waals surface area (Å²) in [4.78, 5) is 0. The van der Waals surface area contributed by atoms with Crippen LogP contribution in [0.25, 0.3) is 11.1 Å². The maximum absolute atomic E-state index is 4.51. The van der Waals surface area contributed by atoms with Crippen molar-refractivity contribution in [3.8, 4) is 11.1 Å². The molecular weight excluding hydrogens is 234 g/mol. The summed E-state index contributed by atoms with van der Waals surface area (Å²) in [5, 5.41) is 7.97. The molecule has 3 nitrogen and oxygen atoms in total. The molecule has 3 rings (SSSR count). The third kappa shape index (κ3) is 3.04. The highest BCUT2D eigenvalue weighted by molar-refractivity contribution is 5.62. The second kappa shape index (κ2) is 5.57. The van der Waals surface area contributed by atoms with E-state index in [2.05, 4.69) is 52.5 Å². The van der Waals surface area contributed by atoms with E-state index in [0.29, 0.717) is 0 Å². The van der Waals surface area contributed by atoms with Gasteiger partial charge in [-0.3, -0.25) is 4.68 Å². The van der Waals surface area contributed by atoms with Gasteiger partial charge in [-0.05, 0) is 44.3 Å². The Morgan fingerprint density at radius 3 is 3.11 bits per heavy atom. The number of hydrogen-bond donors (Lipinski definition) is 1. The zero-order chi connectivity index (χ0) is 13.1. The summed E-state index contributed by atoms with van der Waals surface area (Å²) in [5.74, 6) is 0.721. The van der Waals surface area contributed by atoms with Crippen LogP contribution >= 0.6 is 0 Å². The molecule has 0 radical (unpaired) electrons. The van der Waals surface area contributed by atoms with Crippen LogP contribution < -0.4 is 5.32 Å². The fraction of sp³-hybridized carbons (Fsp3) is 0.438. The third-order valence-electron chi connectivity index (χ3n) is 3.83. The normalized spacial score (nSPS) is 19.5. The van der Waals surface area contributed by atoms with Gasteiger partial charge in [0.2, 0.25) is 0 Å². The minimum absolute atomic E-state index is 0.721. The smallest absolute Gasteiger partial charge is 0.0568 e. The van der Waals surface area contributed by atoms with Crippen LogP contribution in [0.2, 0.25) is 0 Å². The van der Waals surface area contributed by atoms with Crippen molar-refractivity contribution in [3.63, 3.8) is 0 Å². The van der Waals surface area contributed by atoms with Gasteiger partial charge in [0, 0.05) is 18.3 Å². The molecule has 1 aliphatic heterocycles. The zero-order valence-corrected chi connectivity index (χ0v) is 11.5. The van der Waals surface area contributed by atoms with Crippen molar-refractivity contribution >= 4 is 0 Å². The van der Waals surface area contributed by atoms with Gasteiger partial charge in [-0.25, -0.2) is 0 Å². The number of aromatic nitrogens is 2. The number of hydrogen-bond acceptors (Lipinski definition) is 2. The molecule has 1 atom stereocenters. The molecule has 1 aromatic heterocycles. The monoisotopic (exact) mass is 255 g/mol. The van der Waals surface area contributed by atoms with E-state index in [0.717, 1.165) is 19.0 Å². The lowest BCUT2D eigenvalue weighted by molar-refractivity contribution is 0.325. The first kappa shape index (κ1) is 12.4. The number of benzene rings is 1. The van der Waals surface area contributed by atoms with Gasteiger partial charge in [0.15, 0.2) is 0 Å². The first-order valence-corrected chi connectivity index (χ1v) is 7.11. The van der Waals surface area contributed by atoms with E-state index in [-0.39, 0.29) is 0 Å². The Bertz CT molecular complexity index is 538. The minimum Gasteiger partial charge on any atom is -0.316 e. The van der Waals surface area contributed by atoms with Crippen molar-refractivity contribution in [1.82, 2.24) is 15.1 Å². The Balaban J connectivity index is 1.72. The van der Waals surface area contributed by atoms with Gasteiger partial charge in [0.1, 0.15) is 0 Å². The fourth-order valence-corrected chi connectivity index (χ4v) is 2.78. The van der Waals surface area contributed by atoms with Crippen LogP contribution in [0.5, 0.6) is 0 Å². The topological polar surface area (TPSA) is 29.9 Å². The number of aryl methyl sites for hydroxylation is 1. The van der Waals surface area contributed by atoms with Gasteiger partial charge in [-0.1, -0.05) is 29.8 Å². The summed E-state index contributed by atoms with van der Waals surface area (Å²) in [5.41, 5.74) is 3.77. The number of piperidine rings is 1. The lowest BCUT2D eigenvalue weighted by atomic mass is 10.00. The first-order chi connectivity index (χ1) is 9.31. The van der Waals surface area contributed by atoms with Crippen molar-refractivity contribution in [2.24, 2.45) is 5.92 Å². The van der Waals surface area contributed by atoms with Gasteiger partial charge in [0.05, 0.1) is 6.20 Å². The highest BCUT2D eigenvalue weighted by atomic mass is 15.3. The SMILES string of the molecule is Cc1cccc(-c2cnn(CC3CCCNC3)c2)c1. The molecule has 1 N–H and O–H groups in total. The van der Waals surface area contributed by atoms with Crippen molar-refractivity contribution in [3.05, 3.63) is 42.2 Å². The number of nitrogens with zero attached hydrogens (tertiary/aromatic N) is 2. The predicted octanol–water partition coefficient (Wildman–Crippen LogP) is 2.86. The molecule has 1 unspecified atom stereocenters. The summed E-state index contributed by atoms with van der Waals surface area (Å²) in [6.07, 6.45) is 6.75. The number of rotatable bonds is 3. The van der Waals surface area contributed by atoms with Gasteiger partial charge in [-0.15, -0.1) is 0 Å². The molecule has 1 fully saturated rings. The molecule has 1 aromatic carbocycles. The Morgan fingerprint density at radius 2 is 2.32 bits per heavy atom. The van der Waals surface area contributed by atoms with Gasteiger partial charge in [0.25, 0.3) is 0 Å². The lowest BCUT2D eigenvalue weighted by Crippen LogP contribution is -2.32. The molecule has 0 bridgehead atoms. The Morgan fingerprint density at radius 1 is 1.37 bits per heavy atom. The largest absolute Gasteiger partial charge is 0.316 e. The van der Waals surface area contributed by atoms with Crippen LogP contribution in [0, 0.1) is 12.8 Å². The molecule has 3 heteroatoms. The lowest BCUT2D eigenvalue weighted by Gasteiger charge is -2.22. The summed E-state index contributed by atoms with van der Waals surface area (Å²) < 4.78 is 2.09. The molecule has 2 aromatic rings. The van der Waals surface area contributed by atoms with Gasteiger partial charge < -0.3 is 5.32 Å². The van der Waals surface area contributed by atoms with Crippen LogP contribution in [-0.2, 0) is 6.54 Å². The molecule has 0 amide bonds. The Hall–Kier alpha value is -1.61. The average molecular weight is 255 g/mol. The molecule has 1 aliphatic rings. The van der Waals surface area contributed by atoms with E-state index in [9.17, 15) is 0 Å². The molecule has 2 heterocycles. The average Bonchev–Trinajstić information content (AvgIpc) is 2.88. The third-order valence-corrected chi connectivity index (χ3v) is 3.83. The molecule has 100 valence electrons. The quantitative estimate of drug-likeness (QED) is 0.914. The highest BCUT2D eigenvalue weighted by Gasteiger charge is 2.14. The second-order valence-corrected chi connectivity index (χ2v) is 5.53. The van der Waals surface area contributed by atoms with E-state index in [4.69, 9.17) is 0 Å². The first-order valence-electron chi connectivity index (χ1n) is 7.11. The van der Waals surface area contributed by atoms with E-state index in [1.807, 2.05) is 6.20 Å². The fourth-order valence-electron chi connectivity index (χ4n) is 2.78. The van der Waals surface area contributed by atoms with E-state index < -0.39 is 0 Å². The van der Waals surface area contributed by atoms with Gasteiger partial charge >= 0.3 is 0 Å². The van der Waals surface area contributed by atoms with Gasteiger partial charge in [-0.2, -0.15) is 5.10 Å². The van der Waals surface area contributed by atoms with Crippen molar-refractivity contribution in [1.29, 1.82) is 0 Å². The van der Waals surface area contributed by atoms with Crippen LogP contribution in [-0.4, -0.2) is 22.9 Å². The molecular formula is C16H21N3. The molecule has 0 spiro atoms. The predicted molar refractivity (Wildman–Crippen MR) is 78.0 cm³/mol. The Kier molecular flexibility index (Phi) is 3.65. The van der Waals surface area contributed by atoms with Crippen LogP contribution in [0.3, 0.4) is 0 Å². The summed E-state index contributed by atoms with van der Waals surface area (Å²) in [6.45, 7) is 5.45. The molecule has 1 saturated heterocycles. The maximum Gasteiger partial charge on any atom is 0.0568 e. The zero-order valence-electron chi connectivity index (χ0n) is 11.5. The van der Waals surface area contributed by atoms with Crippen LogP contribution in [0.4, 0.5) is 0 Å². The highest BCUT2D eigenvalue weighted by Crippen LogP contribution is 2.20. The van der Waals surface area contributed by atoms with E-state index in [1.165, 1.54) is 36.1 Å². The van der Waals surface area contributed by atoms with Crippen molar-refractivity contribution < 1.29 is 0 Å². The minimum atomic E-state index is 0.721. The van der Waals surface area contributed by atoms with E-state index in [1.54, 1.807) is 0 Å². The molecule has 0 aliphatic carbocycles. The summed E-state index contributed by atoms with van der Waals surface area (Å²) in [6, 6.07) is 8.59. The van der Waals surface area contributed by atoms with Crippen LogP contribution in [0.15, 0.2) is 36.7 Å². The van der Waals surface area contributed by atoms with Crippen LogP contribution in [0.1, 0.15) is 18.4 Å². The summed E-state index contributed by atoms with van der Waals surface area (Å²) >= 11 is 0. The van der Waals surface area contributed by atoms with Crippen molar-refractivity contribution in [2.75, 3.05) is 13.1 Å². The van der Waals surface area contributed by atoms with Crippen molar-refractivity contribution in [2.45, 2.75) is 26.3 Å². The maximum atomic E-state index is 4.51. The number of nitrogens with one attached hydrogen (secondary N) is 1. The van der Waals surface area contributed by atoms with E-state index >= 15 is 0 Å².